The predicted molar refractivity (Wildman–Crippen MR) is 98.9 cm³/mol. The summed E-state index contributed by atoms with van der Waals surface area (Å²) in [6.45, 7) is 1.76. The van der Waals surface area contributed by atoms with E-state index in [1.165, 1.54) is 11.3 Å². The van der Waals surface area contributed by atoms with Gasteiger partial charge in [-0.3, -0.25) is 0 Å². The first-order valence-corrected chi connectivity index (χ1v) is 9.50. The van der Waals surface area contributed by atoms with E-state index >= 15 is 0 Å². The Labute approximate surface area is 155 Å². The largest absolute Gasteiger partial charge is 0.477 e. The number of hydrogen-bond acceptors (Lipinski definition) is 4. The van der Waals surface area contributed by atoms with Crippen LogP contribution in [0.5, 0.6) is 0 Å². The summed E-state index contributed by atoms with van der Waals surface area (Å²) in [5.74, 6) is -0.890. The van der Waals surface area contributed by atoms with Crippen molar-refractivity contribution in [3.63, 3.8) is 0 Å². The van der Waals surface area contributed by atoms with Crippen molar-refractivity contribution < 1.29 is 19.4 Å². The molecular weight excluding hydrogens is 352 g/mol. The molecule has 1 aromatic heterocycles. The minimum absolute atomic E-state index is 0.112. The molecule has 0 unspecified atom stereocenters. The Morgan fingerprint density at radius 1 is 1.19 bits per heavy atom. The van der Waals surface area contributed by atoms with Crippen LogP contribution in [0.25, 0.3) is 0 Å². The molecule has 1 spiro atoms. The van der Waals surface area contributed by atoms with Crippen molar-refractivity contribution in [2.45, 2.75) is 24.9 Å². The van der Waals surface area contributed by atoms with Crippen LogP contribution in [0.1, 0.15) is 33.0 Å². The van der Waals surface area contributed by atoms with Crippen molar-refractivity contribution >= 4 is 29.0 Å². The number of rotatable bonds is 2. The number of carbonyl (C=O) groups excluding carboxylic acids is 1. The van der Waals surface area contributed by atoms with Crippen LogP contribution in [-0.2, 0) is 16.8 Å². The number of benzene rings is 1. The highest BCUT2D eigenvalue weighted by Gasteiger charge is 2.43. The smallest absolute Gasteiger partial charge is 0.345 e. The van der Waals surface area contributed by atoms with Gasteiger partial charge in [-0.2, -0.15) is 0 Å². The fourth-order valence-corrected chi connectivity index (χ4v) is 4.94. The van der Waals surface area contributed by atoms with Gasteiger partial charge in [0.25, 0.3) is 0 Å². The molecule has 2 aliphatic rings. The van der Waals surface area contributed by atoms with E-state index in [1.807, 2.05) is 30.3 Å². The summed E-state index contributed by atoms with van der Waals surface area (Å²) in [4.78, 5) is 27.0. The lowest BCUT2D eigenvalue weighted by Gasteiger charge is -2.43. The van der Waals surface area contributed by atoms with Gasteiger partial charge in [0.15, 0.2) is 0 Å². The zero-order valence-electron chi connectivity index (χ0n) is 14.2. The maximum Gasteiger partial charge on any atom is 0.345 e. The number of carbonyl (C=O) groups is 2. The van der Waals surface area contributed by atoms with E-state index in [2.05, 4.69) is 5.32 Å². The molecule has 7 heteroatoms. The zero-order chi connectivity index (χ0) is 18.1. The first kappa shape index (κ1) is 17.1. The van der Waals surface area contributed by atoms with Gasteiger partial charge < -0.3 is 20.1 Å². The third kappa shape index (κ3) is 3.08. The summed E-state index contributed by atoms with van der Waals surface area (Å²) in [5.41, 5.74) is 1.41. The van der Waals surface area contributed by atoms with Crippen molar-refractivity contribution in [2.24, 2.45) is 0 Å². The van der Waals surface area contributed by atoms with Crippen LogP contribution >= 0.6 is 11.3 Å². The summed E-state index contributed by atoms with van der Waals surface area (Å²) < 4.78 is 6.13. The van der Waals surface area contributed by atoms with E-state index in [9.17, 15) is 14.7 Å². The number of para-hydroxylation sites is 1. The molecule has 2 N–H and O–H groups in total. The highest BCUT2D eigenvalue weighted by Crippen LogP contribution is 2.45. The number of fused-ring (bicyclic) bond motifs is 2. The molecular formula is C19H20N2O4S. The molecule has 0 bridgehead atoms. The Hall–Kier alpha value is -2.38. The van der Waals surface area contributed by atoms with Crippen LogP contribution < -0.4 is 5.32 Å². The second-order valence-electron chi connectivity index (χ2n) is 6.65. The molecule has 0 aliphatic carbocycles. The number of nitrogens with zero attached hydrogens (tertiary/aromatic N) is 1. The molecule has 0 radical (unpaired) electrons. The summed E-state index contributed by atoms with van der Waals surface area (Å²) in [5, 5.41) is 12.2. The Bertz CT molecular complexity index is 825. The Balaban J connectivity index is 1.47. The number of ether oxygens (including phenoxy) is 1. The maximum absolute atomic E-state index is 12.5. The van der Waals surface area contributed by atoms with Crippen molar-refractivity contribution in [3.8, 4) is 0 Å². The fraction of sp³-hybridized carbons (Fsp3) is 0.368. The Morgan fingerprint density at radius 2 is 1.92 bits per heavy atom. The highest BCUT2D eigenvalue weighted by atomic mass is 32.1. The number of carboxylic acids is 1. The Kier molecular flexibility index (Phi) is 4.42. The van der Waals surface area contributed by atoms with E-state index in [1.54, 1.807) is 11.0 Å². The quantitative estimate of drug-likeness (QED) is 0.845. The van der Waals surface area contributed by atoms with Gasteiger partial charge >= 0.3 is 12.0 Å². The topological polar surface area (TPSA) is 78.9 Å². The molecule has 2 aliphatic heterocycles. The summed E-state index contributed by atoms with van der Waals surface area (Å²) in [6.07, 6.45) is 2.11. The second-order valence-corrected chi connectivity index (χ2v) is 7.70. The number of piperidine rings is 1. The molecule has 26 heavy (non-hydrogen) atoms. The molecule has 1 aromatic carbocycles. The number of hydrogen-bond donors (Lipinski definition) is 2. The maximum atomic E-state index is 12.5. The van der Waals surface area contributed by atoms with Crippen molar-refractivity contribution in [2.75, 3.05) is 25.0 Å². The molecule has 2 aromatic rings. The lowest BCUT2D eigenvalue weighted by atomic mass is 9.85. The van der Waals surface area contributed by atoms with Gasteiger partial charge in [-0.05, 0) is 43.0 Å². The van der Waals surface area contributed by atoms with Crippen LogP contribution in [0.15, 0.2) is 36.4 Å². The lowest BCUT2D eigenvalue weighted by Crippen LogP contribution is -2.49. The van der Waals surface area contributed by atoms with Gasteiger partial charge in [-0.1, -0.05) is 18.2 Å². The van der Waals surface area contributed by atoms with E-state index in [0.717, 1.165) is 22.5 Å². The molecule has 1 fully saturated rings. The van der Waals surface area contributed by atoms with Crippen LogP contribution in [0.3, 0.4) is 0 Å². The number of thiophene rings is 1. The standard InChI is InChI=1S/C19H20N2O4S/c22-17(23)15-12-13-6-11-25-19(16(13)26-15)7-9-21(10-8-19)18(24)20-14-4-2-1-3-5-14/h1-5,12H,6-11H2,(H,20,24)(H,22,23). The van der Waals surface area contributed by atoms with Gasteiger partial charge in [-0.15, -0.1) is 11.3 Å². The van der Waals surface area contributed by atoms with Gasteiger partial charge in [0, 0.05) is 23.7 Å². The summed E-state index contributed by atoms with van der Waals surface area (Å²) in [7, 11) is 0. The fourth-order valence-electron chi connectivity index (χ4n) is 3.69. The number of likely N-dealkylation sites (tertiary alicyclic amines) is 1. The highest BCUT2D eigenvalue weighted by molar-refractivity contribution is 7.14. The first-order chi connectivity index (χ1) is 12.6. The van der Waals surface area contributed by atoms with Crippen LogP contribution in [0.2, 0.25) is 0 Å². The van der Waals surface area contributed by atoms with Crippen LogP contribution in [-0.4, -0.2) is 41.7 Å². The number of amides is 2. The van der Waals surface area contributed by atoms with E-state index in [0.29, 0.717) is 37.4 Å². The van der Waals surface area contributed by atoms with E-state index < -0.39 is 11.6 Å². The summed E-state index contributed by atoms with van der Waals surface area (Å²) >= 11 is 1.32. The van der Waals surface area contributed by atoms with Crippen LogP contribution in [0.4, 0.5) is 10.5 Å². The van der Waals surface area contributed by atoms with Crippen molar-refractivity contribution in [1.82, 2.24) is 4.90 Å². The molecule has 136 valence electrons. The predicted octanol–water partition coefficient (Wildman–Crippen LogP) is 3.54. The van der Waals surface area contributed by atoms with Crippen molar-refractivity contribution in [1.29, 1.82) is 0 Å². The van der Waals surface area contributed by atoms with E-state index in [-0.39, 0.29) is 6.03 Å². The average Bonchev–Trinajstić information content (AvgIpc) is 3.10. The monoisotopic (exact) mass is 372 g/mol. The van der Waals surface area contributed by atoms with Gasteiger partial charge in [0.2, 0.25) is 0 Å². The molecule has 2 amide bonds. The summed E-state index contributed by atoms with van der Waals surface area (Å²) in [6, 6.07) is 11.1. The molecule has 4 rings (SSSR count). The van der Waals surface area contributed by atoms with Gasteiger partial charge in [0.1, 0.15) is 10.5 Å². The lowest BCUT2D eigenvalue weighted by molar-refractivity contribution is -0.0891. The Morgan fingerprint density at radius 3 is 2.62 bits per heavy atom. The number of aromatic carboxylic acids is 1. The number of urea groups is 1. The third-order valence-corrected chi connectivity index (χ3v) is 6.42. The third-order valence-electron chi connectivity index (χ3n) is 5.07. The molecule has 0 atom stereocenters. The van der Waals surface area contributed by atoms with E-state index in [4.69, 9.17) is 4.74 Å². The number of anilines is 1. The minimum atomic E-state index is -0.890. The first-order valence-electron chi connectivity index (χ1n) is 8.69. The molecule has 3 heterocycles. The van der Waals surface area contributed by atoms with Crippen LogP contribution in [0, 0.1) is 0 Å². The van der Waals surface area contributed by atoms with Gasteiger partial charge in [0.05, 0.1) is 6.61 Å². The molecule has 0 saturated carbocycles. The SMILES string of the molecule is O=C(O)c1cc2c(s1)C1(CCN(C(=O)Nc3ccccc3)CC1)OCC2. The normalized spacial score (nSPS) is 18.4. The number of carboxylic acid groups (broad SMARTS) is 1. The molecule has 6 nitrogen and oxygen atoms in total. The zero-order valence-corrected chi connectivity index (χ0v) is 15.1. The second kappa shape index (κ2) is 6.74. The van der Waals surface area contributed by atoms with Crippen molar-refractivity contribution in [3.05, 3.63) is 51.7 Å². The minimum Gasteiger partial charge on any atom is -0.477 e. The molecule has 1 saturated heterocycles. The average molecular weight is 372 g/mol. The van der Waals surface area contributed by atoms with Gasteiger partial charge in [-0.25, -0.2) is 9.59 Å². The number of nitrogens with one attached hydrogen (secondary N) is 1.